The second-order valence-corrected chi connectivity index (χ2v) is 3.77. The fourth-order valence-electron chi connectivity index (χ4n) is 1.43. The Morgan fingerprint density at radius 3 is 2.62 bits per heavy atom. The van der Waals surface area contributed by atoms with Crippen molar-refractivity contribution in [3.8, 4) is 0 Å². The molecule has 6 heteroatoms. The molecular formula is C10H14ClN3O2. The van der Waals surface area contributed by atoms with Crippen LogP contribution in [0.25, 0.3) is 0 Å². The van der Waals surface area contributed by atoms with Gasteiger partial charge in [-0.1, -0.05) is 13.8 Å². The van der Waals surface area contributed by atoms with Crippen LogP contribution in [0.5, 0.6) is 0 Å². The summed E-state index contributed by atoms with van der Waals surface area (Å²) in [7, 11) is 0. The Kier molecular flexibility index (Phi) is 4.06. The van der Waals surface area contributed by atoms with Crippen LogP contribution in [0.3, 0.4) is 0 Å². The fraction of sp³-hybridized carbons (Fsp3) is 0.500. The number of carboxylic acids is 1. The molecule has 0 atom stereocenters. The summed E-state index contributed by atoms with van der Waals surface area (Å²) in [5.41, 5.74) is -1.00. The summed E-state index contributed by atoms with van der Waals surface area (Å²) < 4.78 is 0. The zero-order valence-corrected chi connectivity index (χ0v) is 9.95. The second kappa shape index (κ2) is 5.12. The highest BCUT2D eigenvalue weighted by atomic mass is 35.5. The van der Waals surface area contributed by atoms with Crippen LogP contribution in [0.2, 0.25) is 5.28 Å². The van der Waals surface area contributed by atoms with E-state index in [1.807, 2.05) is 13.8 Å². The third-order valence-corrected chi connectivity index (χ3v) is 2.79. The molecular weight excluding hydrogens is 230 g/mol. The summed E-state index contributed by atoms with van der Waals surface area (Å²) in [6.45, 7) is 3.63. The standard InChI is InChI=1S/C10H14ClN3O2/c1-3-10(4-2,8(15)16)14-7-5-6-12-9(11)13-7/h5-6H,3-4H2,1-2H3,(H,15,16)(H,12,13,14). The smallest absolute Gasteiger partial charge is 0.329 e. The number of nitrogens with one attached hydrogen (secondary N) is 1. The lowest BCUT2D eigenvalue weighted by Crippen LogP contribution is -2.45. The Hall–Kier alpha value is -1.36. The summed E-state index contributed by atoms with van der Waals surface area (Å²) in [4.78, 5) is 18.9. The maximum atomic E-state index is 11.2. The number of hydrogen-bond donors (Lipinski definition) is 2. The van der Waals surface area contributed by atoms with E-state index >= 15 is 0 Å². The van der Waals surface area contributed by atoms with Crippen molar-refractivity contribution in [3.63, 3.8) is 0 Å². The van der Waals surface area contributed by atoms with Crippen LogP contribution in [0.1, 0.15) is 26.7 Å². The molecule has 1 aromatic heterocycles. The molecule has 1 aromatic rings. The largest absolute Gasteiger partial charge is 0.480 e. The molecule has 0 bridgehead atoms. The Morgan fingerprint density at radius 2 is 2.19 bits per heavy atom. The summed E-state index contributed by atoms with van der Waals surface area (Å²) in [6.07, 6.45) is 2.40. The first-order valence-electron chi connectivity index (χ1n) is 5.04. The van der Waals surface area contributed by atoms with Gasteiger partial charge in [0.05, 0.1) is 0 Å². The molecule has 1 rings (SSSR count). The molecule has 0 unspecified atom stereocenters. The van der Waals surface area contributed by atoms with E-state index < -0.39 is 11.5 Å². The van der Waals surface area contributed by atoms with Gasteiger partial charge in [0, 0.05) is 6.20 Å². The van der Waals surface area contributed by atoms with Crippen molar-refractivity contribution < 1.29 is 9.90 Å². The van der Waals surface area contributed by atoms with Gasteiger partial charge < -0.3 is 10.4 Å². The van der Waals surface area contributed by atoms with Gasteiger partial charge in [-0.25, -0.2) is 14.8 Å². The van der Waals surface area contributed by atoms with Gasteiger partial charge in [0.25, 0.3) is 0 Å². The minimum atomic E-state index is -1.00. The minimum absolute atomic E-state index is 0.0940. The van der Waals surface area contributed by atoms with E-state index in [-0.39, 0.29) is 5.28 Å². The highest BCUT2D eigenvalue weighted by Gasteiger charge is 2.34. The quantitative estimate of drug-likeness (QED) is 0.776. The summed E-state index contributed by atoms with van der Waals surface area (Å²) in [5, 5.41) is 12.2. The third-order valence-electron chi connectivity index (χ3n) is 2.61. The van der Waals surface area contributed by atoms with Crippen LogP contribution in [0, 0.1) is 0 Å². The number of carbonyl (C=O) groups is 1. The third kappa shape index (κ3) is 2.61. The molecule has 0 aromatic carbocycles. The van der Waals surface area contributed by atoms with E-state index in [9.17, 15) is 9.90 Å². The average molecular weight is 244 g/mol. The van der Waals surface area contributed by atoms with Gasteiger partial charge in [0.2, 0.25) is 5.28 Å². The van der Waals surface area contributed by atoms with Crippen LogP contribution < -0.4 is 5.32 Å². The van der Waals surface area contributed by atoms with Crippen LogP contribution in [-0.4, -0.2) is 26.6 Å². The van der Waals surface area contributed by atoms with E-state index in [2.05, 4.69) is 15.3 Å². The van der Waals surface area contributed by atoms with Crippen molar-refractivity contribution in [1.29, 1.82) is 0 Å². The lowest BCUT2D eigenvalue weighted by molar-refractivity contribution is -0.142. The van der Waals surface area contributed by atoms with E-state index in [0.717, 1.165) is 0 Å². The Morgan fingerprint density at radius 1 is 1.56 bits per heavy atom. The molecule has 1 heterocycles. The van der Waals surface area contributed by atoms with Gasteiger partial charge in [-0.2, -0.15) is 0 Å². The number of nitrogens with zero attached hydrogens (tertiary/aromatic N) is 2. The van der Waals surface area contributed by atoms with E-state index in [4.69, 9.17) is 11.6 Å². The maximum Gasteiger partial charge on any atom is 0.329 e. The number of hydrogen-bond acceptors (Lipinski definition) is 4. The van der Waals surface area contributed by atoms with Gasteiger partial charge in [-0.15, -0.1) is 0 Å². The highest BCUT2D eigenvalue weighted by molar-refractivity contribution is 6.28. The summed E-state index contributed by atoms with van der Waals surface area (Å²) in [5.74, 6) is -0.474. The molecule has 0 aliphatic rings. The van der Waals surface area contributed by atoms with E-state index in [1.54, 1.807) is 6.07 Å². The topological polar surface area (TPSA) is 75.1 Å². The van der Waals surface area contributed by atoms with E-state index in [1.165, 1.54) is 6.20 Å². The molecule has 0 fully saturated rings. The average Bonchev–Trinajstić information content (AvgIpc) is 2.25. The molecule has 0 aliphatic heterocycles. The van der Waals surface area contributed by atoms with E-state index in [0.29, 0.717) is 18.7 Å². The molecule has 0 saturated carbocycles. The minimum Gasteiger partial charge on any atom is -0.480 e. The first-order chi connectivity index (χ1) is 7.54. The summed E-state index contributed by atoms with van der Waals surface area (Å²) in [6, 6.07) is 1.59. The molecule has 2 N–H and O–H groups in total. The van der Waals surface area contributed by atoms with Crippen LogP contribution in [-0.2, 0) is 4.79 Å². The molecule has 0 aliphatic carbocycles. The van der Waals surface area contributed by atoms with Crippen LogP contribution in [0.15, 0.2) is 12.3 Å². The fourth-order valence-corrected chi connectivity index (χ4v) is 1.58. The van der Waals surface area contributed by atoms with Gasteiger partial charge in [0.1, 0.15) is 11.4 Å². The number of rotatable bonds is 5. The molecule has 16 heavy (non-hydrogen) atoms. The zero-order chi connectivity index (χ0) is 12.2. The number of anilines is 1. The second-order valence-electron chi connectivity index (χ2n) is 3.43. The van der Waals surface area contributed by atoms with Crippen molar-refractivity contribution in [2.24, 2.45) is 0 Å². The van der Waals surface area contributed by atoms with Gasteiger partial charge in [-0.3, -0.25) is 0 Å². The van der Waals surface area contributed by atoms with Gasteiger partial charge in [0.15, 0.2) is 0 Å². The van der Waals surface area contributed by atoms with Crippen LogP contribution >= 0.6 is 11.6 Å². The monoisotopic (exact) mass is 243 g/mol. The van der Waals surface area contributed by atoms with Crippen molar-refractivity contribution in [2.45, 2.75) is 32.2 Å². The molecule has 0 radical (unpaired) electrons. The molecule has 0 amide bonds. The normalized spacial score (nSPS) is 11.2. The number of halogens is 1. The zero-order valence-electron chi connectivity index (χ0n) is 9.20. The lowest BCUT2D eigenvalue weighted by Gasteiger charge is -2.28. The predicted octanol–water partition coefficient (Wildman–Crippen LogP) is 2.19. The first kappa shape index (κ1) is 12.7. The Balaban J connectivity index is 2.96. The van der Waals surface area contributed by atoms with Crippen molar-refractivity contribution in [2.75, 3.05) is 5.32 Å². The number of aromatic nitrogens is 2. The Labute approximate surface area is 98.9 Å². The van der Waals surface area contributed by atoms with Crippen molar-refractivity contribution in [1.82, 2.24) is 9.97 Å². The molecule has 5 nitrogen and oxygen atoms in total. The van der Waals surface area contributed by atoms with Gasteiger partial charge >= 0.3 is 5.97 Å². The van der Waals surface area contributed by atoms with Crippen molar-refractivity contribution >= 4 is 23.4 Å². The van der Waals surface area contributed by atoms with Crippen molar-refractivity contribution in [3.05, 3.63) is 17.5 Å². The highest BCUT2D eigenvalue weighted by Crippen LogP contribution is 2.21. The number of carboxylic acid groups (broad SMARTS) is 1. The SMILES string of the molecule is CCC(CC)(Nc1ccnc(Cl)n1)C(=O)O. The predicted molar refractivity (Wildman–Crippen MR) is 61.6 cm³/mol. The molecule has 0 saturated heterocycles. The molecule has 88 valence electrons. The Bertz CT molecular complexity index is 380. The van der Waals surface area contributed by atoms with Crippen LogP contribution in [0.4, 0.5) is 5.82 Å². The van der Waals surface area contributed by atoms with Gasteiger partial charge in [-0.05, 0) is 30.5 Å². The maximum absolute atomic E-state index is 11.2. The molecule has 0 spiro atoms. The number of aliphatic carboxylic acids is 1. The lowest BCUT2D eigenvalue weighted by atomic mass is 9.93. The first-order valence-corrected chi connectivity index (χ1v) is 5.42. The summed E-state index contributed by atoms with van der Waals surface area (Å²) >= 11 is 5.63.